The molecule has 0 atom stereocenters. The maximum atomic E-state index is 13.5. The van der Waals surface area contributed by atoms with Gasteiger partial charge in [-0.1, -0.05) is 0 Å². The van der Waals surface area contributed by atoms with Gasteiger partial charge in [-0.05, 0) is 43.7 Å². The number of hydrogen-bond acceptors (Lipinski definition) is 3. The van der Waals surface area contributed by atoms with E-state index >= 15 is 0 Å². The normalized spacial score (nSPS) is 10.3. The molecule has 4 nitrogen and oxygen atoms in total. The molecule has 0 aliphatic carbocycles. The summed E-state index contributed by atoms with van der Waals surface area (Å²) in [6.45, 7) is 3.82. The highest BCUT2D eigenvalue weighted by Crippen LogP contribution is 2.22. The first-order valence-electron chi connectivity index (χ1n) is 5.79. The molecule has 0 unspecified atom stereocenters. The van der Waals surface area contributed by atoms with E-state index in [1.807, 2.05) is 13.8 Å². The number of carboxylic acid groups (broad SMARTS) is 1. The van der Waals surface area contributed by atoms with Gasteiger partial charge in [0.15, 0.2) is 0 Å². The maximum Gasteiger partial charge on any atom is 0.338 e. The van der Waals surface area contributed by atoms with Crippen LogP contribution < -0.4 is 5.32 Å². The summed E-state index contributed by atoms with van der Waals surface area (Å²) in [6, 6.07) is 5.24. The summed E-state index contributed by atoms with van der Waals surface area (Å²) in [5.41, 5.74) is 0.819. The van der Waals surface area contributed by atoms with Gasteiger partial charge in [0.1, 0.15) is 5.82 Å². The predicted octanol–water partition coefficient (Wildman–Crippen LogP) is 3.45. The van der Waals surface area contributed by atoms with Crippen LogP contribution in [-0.2, 0) is 0 Å². The van der Waals surface area contributed by atoms with E-state index in [1.54, 1.807) is 6.07 Å². The number of amides is 1. The van der Waals surface area contributed by atoms with Gasteiger partial charge in [-0.3, -0.25) is 4.79 Å². The molecule has 0 bridgehead atoms. The summed E-state index contributed by atoms with van der Waals surface area (Å²) in [5, 5.41) is 11.3. The van der Waals surface area contributed by atoms with E-state index in [0.717, 1.165) is 22.6 Å². The van der Waals surface area contributed by atoms with Crippen LogP contribution >= 0.6 is 11.3 Å². The highest BCUT2D eigenvalue weighted by atomic mass is 32.1. The zero-order valence-electron chi connectivity index (χ0n) is 10.9. The van der Waals surface area contributed by atoms with Crippen molar-refractivity contribution < 1.29 is 19.1 Å². The minimum absolute atomic E-state index is 0.223. The van der Waals surface area contributed by atoms with Gasteiger partial charge in [-0.25, -0.2) is 9.18 Å². The number of benzene rings is 1. The van der Waals surface area contributed by atoms with Crippen molar-refractivity contribution in [2.24, 2.45) is 0 Å². The number of halogens is 1. The lowest BCUT2D eigenvalue weighted by molar-refractivity contribution is 0.0692. The molecule has 1 aromatic carbocycles. The van der Waals surface area contributed by atoms with Crippen molar-refractivity contribution in [1.82, 2.24) is 0 Å². The van der Waals surface area contributed by atoms with Gasteiger partial charge in [0.25, 0.3) is 5.91 Å². The van der Waals surface area contributed by atoms with Crippen LogP contribution in [0.15, 0.2) is 24.3 Å². The largest absolute Gasteiger partial charge is 0.478 e. The molecule has 0 aliphatic rings. The number of hydrogen-bond donors (Lipinski definition) is 2. The average Bonchev–Trinajstić information content (AvgIpc) is 2.69. The SMILES string of the molecule is Cc1cc(C(=O)Nc2ccc(C(=O)O)c(F)c2)sc1C. The number of thiophene rings is 1. The number of rotatable bonds is 3. The Morgan fingerprint density at radius 3 is 2.45 bits per heavy atom. The molecule has 6 heteroatoms. The first kappa shape index (κ1) is 14.2. The van der Waals surface area contributed by atoms with Crippen molar-refractivity contribution >= 4 is 28.9 Å². The molecule has 1 heterocycles. The molecular formula is C14H12FNO3S. The van der Waals surface area contributed by atoms with Gasteiger partial charge < -0.3 is 10.4 Å². The monoisotopic (exact) mass is 293 g/mol. The van der Waals surface area contributed by atoms with Crippen molar-refractivity contribution in [2.45, 2.75) is 13.8 Å². The van der Waals surface area contributed by atoms with E-state index in [1.165, 1.54) is 17.4 Å². The van der Waals surface area contributed by atoms with E-state index in [2.05, 4.69) is 5.32 Å². The predicted molar refractivity (Wildman–Crippen MR) is 75.1 cm³/mol. The van der Waals surface area contributed by atoms with Crippen LogP contribution in [0.1, 0.15) is 30.5 Å². The Morgan fingerprint density at radius 2 is 1.95 bits per heavy atom. The quantitative estimate of drug-likeness (QED) is 0.910. The molecule has 2 rings (SSSR count). The molecule has 0 fully saturated rings. The van der Waals surface area contributed by atoms with Gasteiger partial charge in [0.2, 0.25) is 0 Å². The van der Waals surface area contributed by atoms with Crippen molar-refractivity contribution in [3.63, 3.8) is 0 Å². The number of carboxylic acids is 1. The van der Waals surface area contributed by atoms with E-state index in [-0.39, 0.29) is 11.6 Å². The molecule has 1 aromatic heterocycles. The molecule has 2 aromatic rings. The summed E-state index contributed by atoms with van der Waals surface area (Å²) in [6.07, 6.45) is 0. The first-order chi connectivity index (χ1) is 9.38. The number of carbonyl (C=O) groups is 2. The minimum Gasteiger partial charge on any atom is -0.478 e. The topological polar surface area (TPSA) is 66.4 Å². The summed E-state index contributed by atoms with van der Waals surface area (Å²) < 4.78 is 13.5. The standard InChI is InChI=1S/C14H12FNO3S/c1-7-5-12(20-8(7)2)13(17)16-9-3-4-10(14(18)19)11(15)6-9/h3-6H,1-2H3,(H,16,17)(H,18,19). The smallest absolute Gasteiger partial charge is 0.338 e. The molecule has 0 saturated carbocycles. The van der Waals surface area contributed by atoms with Crippen LogP contribution in [0.5, 0.6) is 0 Å². The van der Waals surface area contributed by atoms with Crippen molar-refractivity contribution in [3.8, 4) is 0 Å². The van der Waals surface area contributed by atoms with E-state index < -0.39 is 17.3 Å². The molecule has 2 N–H and O–H groups in total. The van der Waals surface area contributed by atoms with Gasteiger partial charge in [-0.2, -0.15) is 0 Å². The van der Waals surface area contributed by atoms with Gasteiger partial charge in [0, 0.05) is 10.6 Å². The summed E-state index contributed by atoms with van der Waals surface area (Å²) in [7, 11) is 0. The zero-order chi connectivity index (χ0) is 14.9. The Bertz CT molecular complexity index is 674. The molecular weight excluding hydrogens is 281 g/mol. The van der Waals surface area contributed by atoms with Crippen LogP contribution in [0, 0.1) is 19.7 Å². The lowest BCUT2D eigenvalue weighted by Crippen LogP contribution is -2.11. The third-order valence-electron chi connectivity index (χ3n) is 2.85. The maximum absolute atomic E-state index is 13.5. The molecule has 1 amide bonds. The Balaban J connectivity index is 2.20. The van der Waals surface area contributed by atoms with Crippen molar-refractivity contribution in [3.05, 3.63) is 51.0 Å². The van der Waals surface area contributed by atoms with Gasteiger partial charge >= 0.3 is 5.97 Å². The van der Waals surface area contributed by atoms with Crippen LogP contribution in [0.4, 0.5) is 10.1 Å². The van der Waals surface area contributed by atoms with E-state index in [9.17, 15) is 14.0 Å². The Hall–Kier alpha value is -2.21. The molecule has 0 saturated heterocycles. The van der Waals surface area contributed by atoms with Crippen LogP contribution in [0.3, 0.4) is 0 Å². The molecule has 20 heavy (non-hydrogen) atoms. The summed E-state index contributed by atoms with van der Waals surface area (Å²) >= 11 is 1.35. The third-order valence-corrected chi connectivity index (χ3v) is 4.00. The fraction of sp³-hybridized carbons (Fsp3) is 0.143. The number of carbonyl (C=O) groups excluding carboxylic acids is 1. The van der Waals surface area contributed by atoms with Crippen LogP contribution in [0.2, 0.25) is 0 Å². The van der Waals surface area contributed by atoms with E-state index in [4.69, 9.17) is 5.11 Å². The fourth-order valence-corrected chi connectivity index (χ4v) is 2.57. The second kappa shape index (κ2) is 5.42. The minimum atomic E-state index is -1.34. The molecule has 0 radical (unpaired) electrons. The van der Waals surface area contributed by atoms with E-state index in [0.29, 0.717) is 4.88 Å². The van der Waals surface area contributed by atoms with Gasteiger partial charge in [-0.15, -0.1) is 11.3 Å². The number of aromatic carboxylic acids is 1. The second-order valence-corrected chi connectivity index (χ2v) is 5.56. The third kappa shape index (κ3) is 2.85. The Labute approximate surface area is 118 Å². The highest BCUT2D eigenvalue weighted by molar-refractivity contribution is 7.14. The molecule has 0 spiro atoms. The zero-order valence-corrected chi connectivity index (χ0v) is 11.7. The van der Waals surface area contributed by atoms with Gasteiger partial charge in [0.05, 0.1) is 10.4 Å². The lowest BCUT2D eigenvalue weighted by atomic mass is 10.2. The van der Waals surface area contributed by atoms with Crippen molar-refractivity contribution in [1.29, 1.82) is 0 Å². The Morgan fingerprint density at radius 1 is 1.25 bits per heavy atom. The first-order valence-corrected chi connectivity index (χ1v) is 6.61. The molecule has 104 valence electrons. The van der Waals surface area contributed by atoms with Crippen molar-refractivity contribution in [2.75, 3.05) is 5.32 Å². The van der Waals surface area contributed by atoms with Crippen LogP contribution in [-0.4, -0.2) is 17.0 Å². The average molecular weight is 293 g/mol. The number of nitrogens with one attached hydrogen (secondary N) is 1. The fourth-order valence-electron chi connectivity index (χ4n) is 1.64. The number of aryl methyl sites for hydroxylation is 2. The number of anilines is 1. The summed E-state index contributed by atoms with van der Waals surface area (Å²) in [5.74, 6) is -2.56. The summed E-state index contributed by atoms with van der Waals surface area (Å²) in [4.78, 5) is 24.2. The molecule has 0 aliphatic heterocycles. The lowest BCUT2D eigenvalue weighted by Gasteiger charge is -2.05. The highest BCUT2D eigenvalue weighted by Gasteiger charge is 2.14. The Kier molecular flexibility index (Phi) is 3.85. The second-order valence-electron chi connectivity index (χ2n) is 4.30. The van der Waals surface area contributed by atoms with Crippen LogP contribution in [0.25, 0.3) is 0 Å².